The van der Waals surface area contributed by atoms with Crippen LogP contribution in [0.2, 0.25) is 0 Å². The average Bonchev–Trinajstić information content (AvgIpc) is 3.50. The van der Waals surface area contributed by atoms with Crippen LogP contribution >= 0.6 is 0 Å². The minimum atomic E-state index is -1.48. The Balaban J connectivity index is 1.45. The number of carbonyl (C=O) groups is 4. The fourth-order valence-electron chi connectivity index (χ4n) is 6.28. The van der Waals surface area contributed by atoms with Crippen LogP contribution in [-0.2, 0) is 37.6 Å². The van der Waals surface area contributed by atoms with Crippen LogP contribution < -0.4 is 20.3 Å². The summed E-state index contributed by atoms with van der Waals surface area (Å²) in [5.41, 5.74) is 1.63. The molecule has 3 aliphatic heterocycles. The van der Waals surface area contributed by atoms with Crippen molar-refractivity contribution in [2.24, 2.45) is 11.8 Å². The van der Waals surface area contributed by atoms with Gasteiger partial charge in [0.1, 0.15) is 11.3 Å². The van der Waals surface area contributed by atoms with E-state index in [9.17, 15) is 29.4 Å². The Morgan fingerprint density at radius 3 is 2.35 bits per heavy atom. The Labute approximate surface area is 229 Å². The molecule has 204 valence electrons. The van der Waals surface area contributed by atoms with E-state index in [2.05, 4.69) is 10.6 Å². The van der Waals surface area contributed by atoms with Gasteiger partial charge >= 0.3 is 5.97 Å². The molecule has 4 N–H and O–H groups in total. The first-order valence-corrected chi connectivity index (χ1v) is 13.0. The summed E-state index contributed by atoms with van der Waals surface area (Å²) in [5.74, 6) is -4.10. The zero-order valence-corrected chi connectivity index (χ0v) is 21.8. The molecule has 10 nitrogen and oxygen atoms in total. The lowest BCUT2D eigenvalue weighted by Gasteiger charge is -2.30. The Bertz CT molecular complexity index is 1580. The number of benzene rings is 3. The minimum Gasteiger partial charge on any atom is -0.504 e. The zero-order chi connectivity index (χ0) is 28.3. The monoisotopic (exact) mass is 541 g/mol. The van der Waals surface area contributed by atoms with Gasteiger partial charge in [0.15, 0.2) is 11.5 Å². The summed E-state index contributed by atoms with van der Waals surface area (Å²) < 4.78 is 5.08. The first kappa shape index (κ1) is 25.6. The van der Waals surface area contributed by atoms with E-state index in [1.165, 1.54) is 43.3 Å². The molecule has 1 spiro atoms. The summed E-state index contributed by atoms with van der Waals surface area (Å²) in [7, 11) is 0. The molecule has 2 fully saturated rings. The maximum atomic E-state index is 14.2. The molecular weight excluding hydrogens is 514 g/mol. The number of phenolic OH excluding ortho intramolecular Hbond substituents is 2. The molecule has 3 aromatic carbocycles. The van der Waals surface area contributed by atoms with Gasteiger partial charge in [-0.15, -0.1) is 0 Å². The van der Waals surface area contributed by atoms with E-state index >= 15 is 0 Å². The number of imide groups is 1. The molecule has 0 radical (unpaired) electrons. The Hall–Kier alpha value is -4.70. The summed E-state index contributed by atoms with van der Waals surface area (Å²) in [4.78, 5) is 54.4. The maximum absolute atomic E-state index is 14.2. The number of hydrogen-bond acceptors (Lipinski definition) is 8. The molecule has 6 rings (SSSR count). The highest BCUT2D eigenvalue weighted by atomic mass is 16.5. The Kier molecular flexibility index (Phi) is 5.88. The summed E-state index contributed by atoms with van der Waals surface area (Å²) in [6.07, 6.45) is 0.931. The van der Waals surface area contributed by atoms with E-state index in [4.69, 9.17) is 4.74 Å². The van der Waals surface area contributed by atoms with Gasteiger partial charge in [0.2, 0.25) is 17.7 Å². The van der Waals surface area contributed by atoms with Crippen LogP contribution in [0.4, 0.5) is 11.4 Å². The number of ether oxygens (including phenoxy) is 1. The number of carbonyl (C=O) groups excluding carboxylic acids is 4. The molecule has 3 aromatic rings. The van der Waals surface area contributed by atoms with E-state index in [1.807, 2.05) is 25.1 Å². The van der Waals surface area contributed by atoms with Crippen molar-refractivity contribution in [1.29, 1.82) is 0 Å². The van der Waals surface area contributed by atoms with E-state index in [0.29, 0.717) is 22.5 Å². The van der Waals surface area contributed by atoms with Crippen molar-refractivity contribution in [1.82, 2.24) is 5.32 Å². The number of nitrogens with zero attached hydrogens (tertiary/aromatic N) is 1. The predicted octanol–water partition coefficient (Wildman–Crippen LogP) is 2.75. The number of fused-ring (bicyclic) bond motifs is 4. The SMILES string of the molecule is CCc1ccc2c(c1)[C@@]1(N[C@H](Cc3ccc(O)c(O)c3)[C@H]3C(=O)N(c4ccc(OC(C)=O)cc4)C(=O)[C@H]31)C(=O)N2. The van der Waals surface area contributed by atoms with Crippen LogP contribution in [0.15, 0.2) is 60.7 Å². The van der Waals surface area contributed by atoms with Crippen LogP contribution in [0.3, 0.4) is 0 Å². The Morgan fingerprint density at radius 1 is 0.950 bits per heavy atom. The third-order valence-electron chi connectivity index (χ3n) is 8.04. The van der Waals surface area contributed by atoms with Gasteiger partial charge < -0.3 is 20.3 Å². The molecule has 0 saturated carbocycles. The highest BCUT2D eigenvalue weighted by molar-refractivity contribution is 6.25. The fraction of sp³-hybridized carbons (Fsp3) is 0.267. The van der Waals surface area contributed by atoms with Crippen molar-refractivity contribution in [3.8, 4) is 17.2 Å². The normalized spacial score (nSPS) is 24.8. The van der Waals surface area contributed by atoms with Crippen molar-refractivity contribution < 1.29 is 34.1 Å². The molecule has 0 bridgehead atoms. The molecule has 3 heterocycles. The highest BCUT2D eigenvalue weighted by Crippen LogP contribution is 2.54. The summed E-state index contributed by atoms with van der Waals surface area (Å²) >= 11 is 0. The smallest absolute Gasteiger partial charge is 0.308 e. The largest absolute Gasteiger partial charge is 0.504 e. The molecule has 0 unspecified atom stereocenters. The van der Waals surface area contributed by atoms with Gasteiger partial charge in [-0.3, -0.25) is 24.5 Å². The lowest BCUT2D eigenvalue weighted by atomic mass is 9.76. The van der Waals surface area contributed by atoms with Gasteiger partial charge in [-0.2, -0.15) is 0 Å². The standard InChI is InChI=1S/C30H27N3O7/c1-3-16-4-10-21-20(12-16)30(29(39)31-21)26-25(22(32-30)13-17-5-11-23(35)24(36)14-17)27(37)33(28(26)38)18-6-8-19(9-7-18)40-15(2)34/h4-12,14,22,25-26,32,35-36H,3,13H2,1-2H3,(H,31,39)/t22-,25-,26+,30+/m1/s1. The van der Waals surface area contributed by atoms with Crippen molar-refractivity contribution >= 4 is 35.1 Å². The number of esters is 1. The topological polar surface area (TPSA) is 145 Å². The summed E-state index contributed by atoms with van der Waals surface area (Å²) in [6.45, 7) is 3.27. The average molecular weight is 542 g/mol. The van der Waals surface area contributed by atoms with Gasteiger partial charge in [0.05, 0.1) is 17.5 Å². The second kappa shape index (κ2) is 9.20. The molecular formula is C30H27N3O7. The fourth-order valence-corrected chi connectivity index (χ4v) is 6.28. The molecule has 2 saturated heterocycles. The van der Waals surface area contributed by atoms with Crippen LogP contribution in [0.5, 0.6) is 17.2 Å². The number of phenols is 2. The highest BCUT2D eigenvalue weighted by Gasteiger charge is 2.70. The van der Waals surface area contributed by atoms with Gasteiger partial charge in [-0.1, -0.05) is 25.1 Å². The van der Waals surface area contributed by atoms with Gasteiger partial charge in [-0.05, 0) is 66.4 Å². The molecule has 3 aliphatic rings. The minimum absolute atomic E-state index is 0.213. The van der Waals surface area contributed by atoms with Crippen LogP contribution in [0.1, 0.15) is 30.5 Å². The summed E-state index contributed by atoms with van der Waals surface area (Å²) in [6, 6.07) is 15.4. The first-order chi connectivity index (χ1) is 19.1. The number of rotatable bonds is 5. The number of nitrogens with one attached hydrogen (secondary N) is 2. The van der Waals surface area contributed by atoms with E-state index in [0.717, 1.165) is 16.9 Å². The maximum Gasteiger partial charge on any atom is 0.308 e. The van der Waals surface area contributed by atoms with Crippen molar-refractivity contribution in [3.05, 3.63) is 77.4 Å². The molecule has 10 heteroatoms. The number of aryl methyl sites for hydroxylation is 1. The van der Waals surface area contributed by atoms with Crippen LogP contribution in [0.25, 0.3) is 0 Å². The molecule has 4 atom stereocenters. The van der Waals surface area contributed by atoms with Crippen LogP contribution in [0, 0.1) is 11.8 Å². The third-order valence-corrected chi connectivity index (χ3v) is 8.04. The van der Waals surface area contributed by atoms with Crippen molar-refractivity contribution in [3.63, 3.8) is 0 Å². The number of anilines is 2. The molecule has 40 heavy (non-hydrogen) atoms. The predicted molar refractivity (Wildman–Crippen MR) is 144 cm³/mol. The third kappa shape index (κ3) is 3.75. The Morgan fingerprint density at radius 2 is 1.68 bits per heavy atom. The van der Waals surface area contributed by atoms with Gasteiger partial charge in [-0.25, -0.2) is 4.90 Å². The zero-order valence-electron chi connectivity index (χ0n) is 21.8. The number of aromatic hydroxyl groups is 2. The van der Waals surface area contributed by atoms with Gasteiger partial charge in [0, 0.05) is 24.2 Å². The quantitative estimate of drug-likeness (QED) is 0.167. The van der Waals surface area contributed by atoms with E-state index < -0.39 is 47.1 Å². The summed E-state index contributed by atoms with van der Waals surface area (Å²) in [5, 5.41) is 26.1. The van der Waals surface area contributed by atoms with Crippen molar-refractivity contribution in [2.75, 3.05) is 10.2 Å². The second-order valence-electron chi connectivity index (χ2n) is 10.4. The van der Waals surface area contributed by atoms with Crippen molar-refractivity contribution in [2.45, 2.75) is 38.3 Å². The first-order valence-electron chi connectivity index (χ1n) is 13.0. The lowest BCUT2D eigenvalue weighted by molar-refractivity contribution is -0.132. The molecule has 0 aliphatic carbocycles. The van der Waals surface area contributed by atoms with Gasteiger partial charge in [0.25, 0.3) is 0 Å². The number of hydrogen-bond donors (Lipinski definition) is 4. The lowest BCUT2D eigenvalue weighted by Crippen LogP contribution is -2.53. The van der Waals surface area contributed by atoms with E-state index in [1.54, 1.807) is 6.07 Å². The van der Waals surface area contributed by atoms with Crippen LogP contribution in [-0.4, -0.2) is 39.9 Å². The molecule has 3 amide bonds. The molecule has 0 aromatic heterocycles. The van der Waals surface area contributed by atoms with E-state index in [-0.39, 0.29) is 23.7 Å². The second-order valence-corrected chi connectivity index (χ2v) is 10.4. The number of amides is 3.